The quantitative estimate of drug-likeness (QED) is 0.661. The van der Waals surface area contributed by atoms with Gasteiger partial charge in [0.05, 0.1) is 0 Å². The molecule has 0 fully saturated rings. The van der Waals surface area contributed by atoms with Crippen LogP contribution in [-0.4, -0.2) is 0 Å². The molecule has 0 aliphatic carbocycles. The molecule has 0 bridgehead atoms. The smallest absolute Gasteiger partial charge is 0.186 e. The maximum Gasteiger partial charge on any atom is 0.186 e. The van der Waals surface area contributed by atoms with E-state index in [0.29, 0.717) is 0 Å². The van der Waals surface area contributed by atoms with Gasteiger partial charge in [0, 0.05) is 5.30 Å². The zero-order chi connectivity index (χ0) is 9.26. The van der Waals surface area contributed by atoms with Crippen molar-refractivity contribution in [2.45, 2.75) is 0 Å². The van der Waals surface area contributed by atoms with Crippen molar-refractivity contribution in [3.05, 3.63) is 42.5 Å². The Hall–Kier alpha value is -0.780. The molecule has 0 N–H and O–H groups in total. The van der Waals surface area contributed by atoms with Crippen LogP contribution < -0.4 is 5.30 Å². The first kappa shape index (κ1) is 8.80. The Bertz CT molecular complexity index is 467. The van der Waals surface area contributed by atoms with Gasteiger partial charge in [-0.05, 0) is 22.9 Å². The van der Waals surface area contributed by atoms with Crippen molar-refractivity contribution < 1.29 is 4.57 Å². The van der Waals surface area contributed by atoms with Crippen LogP contribution in [-0.2, 0) is 4.57 Å². The number of hydrogen-bond donors (Lipinski definition) is 0. The summed E-state index contributed by atoms with van der Waals surface area (Å²) in [6.45, 7) is 0. The lowest BCUT2D eigenvalue weighted by molar-refractivity contribution is 0.600. The molecule has 2 rings (SSSR count). The zero-order valence-corrected chi connectivity index (χ0v) is 8.58. The summed E-state index contributed by atoms with van der Waals surface area (Å²) in [5.41, 5.74) is 0. The van der Waals surface area contributed by atoms with Gasteiger partial charge in [0.15, 0.2) is 7.15 Å². The van der Waals surface area contributed by atoms with Crippen molar-refractivity contribution in [2.75, 3.05) is 0 Å². The third-order valence-corrected chi connectivity index (χ3v) is 3.40. The Morgan fingerprint density at radius 3 is 2.38 bits per heavy atom. The summed E-state index contributed by atoms with van der Waals surface area (Å²) in [7, 11) is -2.08. The fraction of sp³-hybridized carbons (Fsp3) is 0. The van der Waals surface area contributed by atoms with E-state index in [9.17, 15) is 4.57 Å². The lowest BCUT2D eigenvalue weighted by atomic mass is 10.1. The van der Waals surface area contributed by atoms with Crippen LogP contribution in [0.5, 0.6) is 0 Å². The van der Waals surface area contributed by atoms with Crippen molar-refractivity contribution >= 4 is 34.5 Å². The molecule has 1 nitrogen and oxygen atoms in total. The largest absolute Gasteiger partial charge is 0.305 e. The number of fused-ring (bicyclic) bond motifs is 1. The third-order valence-electron chi connectivity index (χ3n) is 1.98. The highest BCUT2D eigenvalue weighted by Gasteiger charge is 1.99. The molecule has 0 saturated heterocycles. The van der Waals surface area contributed by atoms with Gasteiger partial charge >= 0.3 is 0 Å². The molecule has 0 aromatic heterocycles. The predicted octanol–water partition coefficient (Wildman–Crippen LogP) is 3.18. The van der Waals surface area contributed by atoms with Crippen molar-refractivity contribution in [3.63, 3.8) is 0 Å². The zero-order valence-electron chi connectivity index (χ0n) is 6.83. The summed E-state index contributed by atoms with van der Waals surface area (Å²) >= 11 is 5.55. The highest BCUT2D eigenvalue weighted by molar-refractivity contribution is 7.80. The molecule has 0 spiro atoms. The topological polar surface area (TPSA) is 17.1 Å². The maximum absolute atomic E-state index is 11.0. The molecule has 0 heterocycles. The second-order valence-corrected chi connectivity index (χ2v) is 4.99. The van der Waals surface area contributed by atoms with Crippen LogP contribution in [0.4, 0.5) is 0 Å². The highest BCUT2D eigenvalue weighted by Crippen LogP contribution is 2.26. The van der Waals surface area contributed by atoms with Gasteiger partial charge in [0.1, 0.15) is 0 Å². The third kappa shape index (κ3) is 1.77. The molecule has 0 radical (unpaired) electrons. The minimum atomic E-state index is -2.08. The van der Waals surface area contributed by atoms with Crippen molar-refractivity contribution in [2.24, 2.45) is 0 Å². The van der Waals surface area contributed by atoms with E-state index in [1.807, 2.05) is 42.5 Å². The standard InChI is InChI=1S/C10H8ClOP/c11-13(12)10-6-5-8-3-1-2-4-9(8)7-10/h1-7,13H. The molecule has 2 aromatic carbocycles. The van der Waals surface area contributed by atoms with Gasteiger partial charge in [-0.2, -0.15) is 0 Å². The molecule has 0 aliphatic heterocycles. The molecule has 0 aliphatic rings. The molecule has 66 valence electrons. The number of rotatable bonds is 1. The number of hydrogen-bond acceptors (Lipinski definition) is 1. The second kappa shape index (κ2) is 3.53. The van der Waals surface area contributed by atoms with Gasteiger partial charge in [0.25, 0.3) is 0 Å². The monoisotopic (exact) mass is 210 g/mol. The summed E-state index contributed by atoms with van der Waals surface area (Å²) in [6.07, 6.45) is 0. The Morgan fingerprint density at radius 1 is 1.00 bits per heavy atom. The molecular weight excluding hydrogens is 203 g/mol. The van der Waals surface area contributed by atoms with E-state index >= 15 is 0 Å². The lowest BCUT2D eigenvalue weighted by Crippen LogP contribution is -1.91. The van der Waals surface area contributed by atoms with Crippen LogP contribution in [0, 0.1) is 0 Å². The SMILES string of the molecule is O=[PH](Cl)c1ccc2ccccc2c1. The van der Waals surface area contributed by atoms with E-state index in [4.69, 9.17) is 11.2 Å². The lowest BCUT2D eigenvalue weighted by Gasteiger charge is -1.98. The molecule has 13 heavy (non-hydrogen) atoms. The number of halogens is 1. The average Bonchev–Trinajstić information content (AvgIpc) is 2.17. The first-order chi connectivity index (χ1) is 6.27. The van der Waals surface area contributed by atoms with Crippen molar-refractivity contribution in [1.82, 2.24) is 0 Å². The van der Waals surface area contributed by atoms with E-state index in [0.717, 1.165) is 16.1 Å². The minimum absolute atomic E-state index is 0.727. The Morgan fingerprint density at radius 2 is 1.69 bits per heavy atom. The molecular formula is C10H8ClOP. The Labute approximate surface area is 81.9 Å². The van der Waals surface area contributed by atoms with Gasteiger partial charge in [0.2, 0.25) is 0 Å². The fourth-order valence-electron chi connectivity index (χ4n) is 1.31. The maximum atomic E-state index is 11.0. The van der Waals surface area contributed by atoms with Crippen LogP contribution in [0.3, 0.4) is 0 Å². The van der Waals surface area contributed by atoms with Crippen LogP contribution in [0.2, 0.25) is 0 Å². The van der Waals surface area contributed by atoms with E-state index < -0.39 is 7.15 Å². The summed E-state index contributed by atoms with van der Waals surface area (Å²) in [4.78, 5) is 0. The second-order valence-electron chi connectivity index (χ2n) is 2.84. The Balaban J connectivity index is 2.69. The highest BCUT2D eigenvalue weighted by atomic mass is 35.7. The van der Waals surface area contributed by atoms with Crippen molar-refractivity contribution in [3.8, 4) is 0 Å². The first-order valence-electron chi connectivity index (χ1n) is 3.96. The molecule has 1 unspecified atom stereocenters. The van der Waals surface area contributed by atoms with E-state index in [-0.39, 0.29) is 0 Å². The Kier molecular flexibility index (Phi) is 2.39. The van der Waals surface area contributed by atoms with E-state index in [2.05, 4.69) is 0 Å². The van der Waals surface area contributed by atoms with Crippen LogP contribution in [0.1, 0.15) is 0 Å². The molecule has 3 heteroatoms. The van der Waals surface area contributed by atoms with E-state index in [1.54, 1.807) is 0 Å². The summed E-state index contributed by atoms with van der Waals surface area (Å²) < 4.78 is 11.0. The molecule has 0 amide bonds. The van der Waals surface area contributed by atoms with Crippen LogP contribution in [0.15, 0.2) is 42.5 Å². The van der Waals surface area contributed by atoms with Crippen LogP contribution >= 0.6 is 18.4 Å². The molecule has 1 atom stereocenters. The van der Waals surface area contributed by atoms with Gasteiger partial charge in [-0.3, -0.25) is 0 Å². The molecule has 2 aromatic rings. The number of benzene rings is 2. The summed E-state index contributed by atoms with van der Waals surface area (Å²) in [6, 6.07) is 13.6. The summed E-state index contributed by atoms with van der Waals surface area (Å²) in [5.74, 6) is 0. The van der Waals surface area contributed by atoms with Gasteiger partial charge in [-0.25, -0.2) is 0 Å². The van der Waals surface area contributed by atoms with Crippen LogP contribution in [0.25, 0.3) is 10.8 Å². The minimum Gasteiger partial charge on any atom is -0.305 e. The molecule has 0 saturated carbocycles. The van der Waals surface area contributed by atoms with E-state index in [1.165, 1.54) is 0 Å². The van der Waals surface area contributed by atoms with Gasteiger partial charge in [-0.15, -0.1) is 0 Å². The fourth-order valence-corrected chi connectivity index (χ4v) is 2.15. The van der Waals surface area contributed by atoms with Crippen molar-refractivity contribution in [1.29, 1.82) is 0 Å². The van der Waals surface area contributed by atoms with Gasteiger partial charge in [-0.1, -0.05) is 41.6 Å². The first-order valence-corrected chi connectivity index (χ1v) is 6.38. The predicted molar refractivity (Wildman–Crippen MR) is 58.4 cm³/mol. The van der Waals surface area contributed by atoms with Gasteiger partial charge < -0.3 is 4.57 Å². The summed E-state index contributed by atoms with van der Waals surface area (Å²) in [5, 5.41) is 2.95. The average molecular weight is 211 g/mol. The normalized spacial score (nSPS) is 13.0.